The van der Waals surface area contributed by atoms with Crippen LogP contribution in [0, 0.1) is 0 Å². The van der Waals surface area contributed by atoms with Gasteiger partial charge in [0, 0.05) is 13.1 Å². The molecule has 6 heteroatoms. The zero-order valence-corrected chi connectivity index (χ0v) is 9.85. The van der Waals surface area contributed by atoms with Crippen molar-refractivity contribution in [2.45, 2.75) is 26.2 Å². The quantitative estimate of drug-likeness (QED) is 0.678. The number of carbonyl (C=O) groups is 1. The number of sulfonamides is 1. The standard InChI is InChI=1S/C9H18N2O3S/c1-2-3-4-7-15(13,14)11-6-5-10-9(12)8-11/h2-8H2,1H3,(H,10,12). The van der Waals surface area contributed by atoms with Crippen LogP contribution in [0.15, 0.2) is 0 Å². The number of carbonyl (C=O) groups excluding carboxylic acids is 1. The fourth-order valence-corrected chi connectivity index (χ4v) is 3.03. The Hall–Kier alpha value is -0.620. The van der Waals surface area contributed by atoms with Crippen molar-refractivity contribution in [2.75, 3.05) is 25.4 Å². The minimum Gasteiger partial charge on any atom is -0.354 e. The molecule has 1 aliphatic rings. The zero-order chi connectivity index (χ0) is 11.3. The minimum absolute atomic E-state index is 0.0194. The summed E-state index contributed by atoms with van der Waals surface area (Å²) < 4.78 is 24.8. The van der Waals surface area contributed by atoms with Gasteiger partial charge in [-0.1, -0.05) is 19.8 Å². The molecule has 0 saturated carbocycles. The summed E-state index contributed by atoms with van der Waals surface area (Å²) in [5, 5.41) is 2.61. The van der Waals surface area contributed by atoms with Gasteiger partial charge in [-0.25, -0.2) is 8.42 Å². The van der Waals surface area contributed by atoms with Crippen LogP contribution in [0.5, 0.6) is 0 Å². The van der Waals surface area contributed by atoms with E-state index in [-0.39, 0.29) is 18.2 Å². The first kappa shape index (κ1) is 12.4. The lowest BCUT2D eigenvalue weighted by molar-refractivity contribution is -0.122. The molecule has 5 nitrogen and oxygen atoms in total. The second-order valence-corrected chi connectivity index (χ2v) is 5.80. The Kier molecular flexibility index (Phi) is 4.53. The van der Waals surface area contributed by atoms with E-state index in [1.807, 2.05) is 6.92 Å². The lowest BCUT2D eigenvalue weighted by atomic mass is 10.3. The van der Waals surface area contributed by atoms with Gasteiger partial charge in [-0.2, -0.15) is 4.31 Å². The van der Waals surface area contributed by atoms with Crippen LogP contribution in [-0.4, -0.2) is 44.0 Å². The lowest BCUT2D eigenvalue weighted by Crippen LogP contribution is -2.50. The summed E-state index contributed by atoms with van der Waals surface area (Å²) in [7, 11) is -3.22. The smallest absolute Gasteiger partial charge is 0.235 e. The van der Waals surface area contributed by atoms with E-state index >= 15 is 0 Å². The van der Waals surface area contributed by atoms with Crippen molar-refractivity contribution in [3.63, 3.8) is 0 Å². The molecule has 1 saturated heterocycles. The van der Waals surface area contributed by atoms with Crippen LogP contribution in [-0.2, 0) is 14.8 Å². The molecule has 0 unspecified atom stereocenters. The van der Waals surface area contributed by atoms with Crippen LogP contribution < -0.4 is 5.32 Å². The summed E-state index contributed by atoms with van der Waals surface area (Å²) in [6.45, 7) is 2.83. The van der Waals surface area contributed by atoms with Gasteiger partial charge < -0.3 is 5.32 Å². The molecule has 0 spiro atoms. The fourth-order valence-electron chi connectivity index (χ4n) is 1.52. The Morgan fingerprint density at radius 3 is 2.73 bits per heavy atom. The number of unbranched alkanes of at least 4 members (excludes halogenated alkanes) is 2. The molecule has 15 heavy (non-hydrogen) atoms. The highest BCUT2D eigenvalue weighted by Gasteiger charge is 2.26. The van der Waals surface area contributed by atoms with Crippen LogP contribution in [0.25, 0.3) is 0 Å². The van der Waals surface area contributed by atoms with Crippen LogP contribution >= 0.6 is 0 Å². The average molecular weight is 234 g/mol. The third-order valence-corrected chi connectivity index (χ3v) is 4.31. The minimum atomic E-state index is -3.22. The van der Waals surface area contributed by atoms with E-state index in [2.05, 4.69) is 5.32 Å². The van der Waals surface area contributed by atoms with Gasteiger partial charge in [0.2, 0.25) is 15.9 Å². The first-order valence-corrected chi connectivity index (χ1v) is 6.91. The highest BCUT2D eigenvalue weighted by molar-refractivity contribution is 7.89. The van der Waals surface area contributed by atoms with Crippen molar-refractivity contribution < 1.29 is 13.2 Å². The van der Waals surface area contributed by atoms with E-state index in [0.29, 0.717) is 19.5 Å². The van der Waals surface area contributed by atoms with E-state index in [1.54, 1.807) is 0 Å². The van der Waals surface area contributed by atoms with Crippen LogP contribution in [0.4, 0.5) is 0 Å². The molecule has 1 aliphatic heterocycles. The molecule has 1 N–H and O–H groups in total. The number of nitrogens with zero attached hydrogens (tertiary/aromatic N) is 1. The Morgan fingerprint density at radius 2 is 2.13 bits per heavy atom. The molecule has 0 bridgehead atoms. The number of rotatable bonds is 5. The Labute approximate surface area is 90.9 Å². The molecule has 0 aromatic rings. The Balaban J connectivity index is 2.49. The number of piperazine rings is 1. The molecule has 0 aliphatic carbocycles. The van der Waals surface area contributed by atoms with Crippen molar-refractivity contribution in [2.24, 2.45) is 0 Å². The maximum atomic E-state index is 11.8. The molecule has 88 valence electrons. The Morgan fingerprint density at radius 1 is 1.40 bits per heavy atom. The van der Waals surface area contributed by atoms with Crippen molar-refractivity contribution in [3.05, 3.63) is 0 Å². The van der Waals surface area contributed by atoms with Gasteiger partial charge in [0.25, 0.3) is 0 Å². The third-order valence-electron chi connectivity index (χ3n) is 2.40. The first-order valence-electron chi connectivity index (χ1n) is 5.31. The van der Waals surface area contributed by atoms with E-state index in [0.717, 1.165) is 12.8 Å². The van der Waals surface area contributed by atoms with Crippen molar-refractivity contribution in [1.29, 1.82) is 0 Å². The van der Waals surface area contributed by atoms with Gasteiger partial charge in [-0.15, -0.1) is 0 Å². The lowest BCUT2D eigenvalue weighted by Gasteiger charge is -2.25. The number of nitrogens with one attached hydrogen (secondary N) is 1. The van der Waals surface area contributed by atoms with E-state index in [4.69, 9.17) is 0 Å². The zero-order valence-electron chi connectivity index (χ0n) is 9.03. The molecule has 0 radical (unpaired) electrons. The van der Waals surface area contributed by atoms with Gasteiger partial charge in [0.15, 0.2) is 0 Å². The van der Waals surface area contributed by atoms with Gasteiger partial charge in [0.05, 0.1) is 12.3 Å². The number of amides is 1. The van der Waals surface area contributed by atoms with Crippen LogP contribution in [0.2, 0.25) is 0 Å². The van der Waals surface area contributed by atoms with Gasteiger partial charge in [0.1, 0.15) is 0 Å². The largest absolute Gasteiger partial charge is 0.354 e. The second-order valence-electron chi connectivity index (χ2n) is 3.71. The molecule has 1 amide bonds. The fraction of sp³-hybridized carbons (Fsp3) is 0.889. The average Bonchev–Trinajstić information content (AvgIpc) is 2.18. The van der Waals surface area contributed by atoms with Crippen LogP contribution in [0.1, 0.15) is 26.2 Å². The van der Waals surface area contributed by atoms with E-state index in [9.17, 15) is 13.2 Å². The number of hydrogen-bond acceptors (Lipinski definition) is 3. The molecule has 1 rings (SSSR count). The van der Waals surface area contributed by atoms with Gasteiger partial charge >= 0.3 is 0 Å². The summed E-state index contributed by atoms with van der Waals surface area (Å²) in [6, 6.07) is 0. The summed E-state index contributed by atoms with van der Waals surface area (Å²) in [6.07, 6.45) is 2.59. The SMILES string of the molecule is CCCCCS(=O)(=O)N1CCNC(=O)C1. The summed E-state index contributed by atoms with van der Waals surface area (Å²) in [5.74, 6) is -0.0472. The molecule has 0 aromatic heterocycles. The van der Waals surface area contributed by atoms with Gasteiger partial charge in [-0.05, 0) is 6.42 Å². The van der Waals surface area contributed by atoms with Crippen LogP contribution in [0.3, 0.4) is 0 Å². The highest BCUT2D eigenvalue weighted by Crippen LogP contribution is 2.07. The Bertz CT molecular complexity index is 313. The first-order chi connectivity index (χ1) is 7.06. The molecule has 0 atom stereocenters. The molecule has 0 aromatic carbocycles. The maximum Gasteiger partial charge on any atom is 0.235 e. The summed E-state index contributed by atoms with van der Waals surface area (Å²) >= 11 is 0. The van der Waals surface area contributed by atoms with Crippen molar-refractivity contribution in [1.82, 2.24) is 9.62 Å². The molecule has 1 heterocycles. The summed E-state index contributed by atoms with van der Waals surface area (Å²) in [4.78, 5) is 11.0. The van der Waals surface area contributed by atoms with Gasteiger partial charge in [-0.3, -0.25) is 4.79 Å². The maximum absolute atomic E-state index is 11.8. The predicted molar refractivity (Wildman–Crippen MR) is 57.9 cm³/mol. The summed E-state index contributed by atoms with van der Waals surface area (Å²) in [5.41, 5.74) is 0. The third kappa shape index (κ3) is 3.79. The highest BCUT2D eigenvalue weighted by atomic mass is 32.2. The van der Waals surface area contributed by atoms with Crippen molar-refractivity contribution in [3.8, 4) is 0 Å². The predicted octanol–water partition coefficient (Wildman–Crippen LogP) is -0.0618. The monoisotopic (exact) mass is 234 g/mol. The molecule has 1 fully saturated rings. The van der Waals surface area contributed by atoms with Crippen molar-refractivity contribution >= 4 is 15.9 Å². The van der Waals surface area contributed by atoms with E-state index in [1.165, 1.54) is 4.31 Å². The topological polar surface area (TPSA) is 66.5 Å². The van der Waals surface area contributed by atoms with E-state index < -0.39 is 10.0 Å². The normalized spacial score (nSPS) is 18.9. The molecular weight excluding hydrogens is 216 g/mol. The second kappa shape index (κ2) is 5.46. The molecular formula is C9H18N2O3S. The number of hydrogen-bond donors (Lipinski definition) is 1.